The zero-order valence-electron chi connectivity index (χ0n) is 32.6. The number of rotatable bonds is 11. The molecular formula is C48H39N5O7. The molecule has 1 aliphatic heterocycles. The maximum Gasteiger partial charge on any atom is 0.330 e. The first-order chi connectivity index (χ1) is 29.4. The lowest BCUT2D eigenvalue weighted by Crippen LogP contribution is -2.39. The van der Waals surface area contributed by atoms with Crippen molar-refractivity contribution in [3.05, 3.63) is 189 Å². The van der Waals surface area contributed by atoms with Gasteiger partial charge in [-0.3, -0.25) is 14.3 Å². The van der Waals surface area contributed by atoms with Gasteiger partial charge in [0.25, 0.3) is 5.56 Å². The van der Waals surface area contributed by atoms with E-state index in [9.17, 15) is 14.7 Å². The maximum atomic E-state index is 13.4. The number of nitrogens with zero attached hydrogens (tertiary/aromatic N) is 4. The molecule has 2 N–H and O–H groups in total. The van der Waals surface area contributed by atoms with E-state index >= 15 is 0 Å². The van der Waals surface area contributed by atoms with E-state index in [1.165, 1.54) is 26.9 Å². The largest absolute Gasteiger partial charge is 0.497 e. The third-order valence-electron chi connectivity index (χ3n) is 11.7. The zero-order valence-corrected chi connectivity index (χ0v) is 32.6. The van der Waals surface area contributed by atoms with Crippen LogP contribution < -0.4 is 20.7 Å². The third-order valence-corrected chi connectivity index (χ3v) is 11.7. The molecule has 0 bridgehead atoms. The number of ether oxygens (including phenoxy) is 4. The van der Waals surface area contributed by atoms with Crippen molar-refractivity contribution >= 4 is 32.3 Å². The van der Waals surface area contributed by atoms with Gasteiger partial charge >= 0.3 is 5.69 Å². The van der Waals surface area contributed by atoms with Crippen molar-refractivity contribution in [2.75, 3.05) is 20.8 Å². The van der Waals surface area contributed by atoms with Crippen molar-refractivity contribution in [3.63, 3.8) is 0 Å². The van der Waals surface area contributed by atoms with E-state index in [0.29, 0.717) is 17.2 Å². The van der Waals surface area contributed by atoms with Crippen LogP contribution in [-0.4, -0.2) is 62.7 Å². The molecule has 7 aromatic carbocycles. The Kier molecular flexibility index (Phi) is 9.24. The number of aromatic amines is 1. The van der Waals surface area contributed by atoms with Crippen LogP contribution in [0.4, 0.5) is 0 Å². The van der Waals surface area contributed by atoms with Gasteiger partial charge in [-0.25, -0.2) is 9.48 Å². The topological polar surface area (TPSA) is 143 Å². The lowest BCUT2D eigenvalue weighted by atomic mass is 9.80. The Morgan fingerprint density at radius 1 is 0.717 bits per heavy atom. The van der Waals surface area contributed by atoms with Gasteiger partial charge < -0.3 is 24.1 Å². The summed E-state index contributed by atoms with van der Waals surface area (Å²) in [5.41, 5.74) is 1.40. The predicted octanol–water partition coefficient (Wildman–Crippen LogP) is 7.22. The fraction of sp³-hybridized carbons (Fsp3) is 0.167. The highest BCUT2D eigenvalue weighted by atomic mass is 16.6. The molecule has 0 saturated carbocycles. The second kappa shape index (κ2) is 14.9. The second-order valence-electron chi connectivity index (χ2n) is 14.9. The van der Waals surface area contributed by atoms with Crippen LogP contribution in [-0.2, 0) is 15.1 Å². The molecule has 0 radical (unpaired) electrons. The minimum Gasteiger partial charge on any atom is -0.497 e. The highest BCUT2D eigenvalue weighted by Crippen LogP contribution is 2.45. The van der Waals surface area contributed by atoms with Gasteiger partial charge in [-0.1, -0.05) is 114 Å². The molecule has 1 fully saturated rings. The van der Waals surface area contributed by atoms with Gasteiger partial charge in [-0.15, -0.1) is 5.10 Å². The molecule has 10 rings (SSSR count). The van der Waals surface area contributed by atoms with E-state index in [1.807, 2.05) is 84.9 Å². The summed E-state index contributed by atoms with van der Waals surface area (Å²) in [6.45, 7) is -0.129. The average molecular weight is 798 g/mol. The lowest BCUT2D eigenvalue weighted by molar-refractivity contribution is -0.0948. The number of hydrogen-bond donors (Lipinski definition) is 2. The van der Waals surface area contributed by atoms with E-state index < -0.39 is 41.3 Å². The van der Waals surface area contributed by atoms with E-state index in [2.05, 4.69) is 63.8 Å². The highest BCUT2D eigenvalue weighted by molar-refractivity contribution is 6.25. The van der Waals surface area contributed by atoms with Crippen LogP contribution in [0.25, 0.3) is 43.6 Å². The summed E-state index contributed by atoms with van der Waals surface area (Å²) in [4.78, 5) is 27.9. The zero-order chi connectivity index (χ0) is 41.0. The molecule has 2 unspecified atom stereocenters. The SMILES string of the molecule is COc1ccc(C(OC[C@@H]2O[C@H](n3ccc(=O)[nH]c3=O)C(n3cc(-c4ccc5ccc6cccc7ccc4c5c67)nn3)C2O)(c2ccccc2)c2ccc(OC)cc2)cc1. The minimum absolute atomic E-state index is 0.129. The minimum atomic E-state index is -1.26. The summed E-state index contributed by atoms with van der Waals surface area (Å²) in [7, 11) is 3.23. The predicted molar refractivity (Wildman–Crippen MR) is 228 cm³/mol. The van der Waals surface area contributed by atoms with E-state index in [4.69, 9.17) is 18.9 Å². The standard InChI is InChI=1S/C48H39N5O7/c1-57-35-19-15-33(16-20-35)48(32-9-4-3-5-10-32,34-17-21-36(58-2)22-18-34)59-28-40-45(55)44(46(60-40)52-26-25-41(54)49-47(52)56)53-27-39(50-51-53)37-23-13-31-12-11-29-7-6-8-30-14-24-38(37)43(31)42(29)30/h3-27,40,44-46,55H,28H2,1-2H3,(H,49,54,56)/t40-,44?,45?,46-/m0/s1. The Hall–Kier alpha value is -7.12. The first kappa shape index (κ1) is 37.2. The second-order valence-corrected chi connectivity index (χ2v) is 14.9. The van der Waals surface area contributed by atoms with Gasteiger partial charge in [0.2, 0.25) is 0 Å². The number of aliphatic hydroxyl groups is 1. The van der Waals surface area contributed by atoms with Crippen molar-refractivity contribution in [1.29, 1.82) is 0 Å². The van der Waals surface area contributed by atoms with Gasteiger partial charge in [-0.2, -0.15) is 0 Å². The molecule has 9 aromatic rings. The highest BCUT2D eigenvalue weighted by Gasteiger charge is 2.49. The van der Waals surface area contributed by atoms with Crippen molar-refractivity contribution in [2.24, 2.45) is 0 Å². The van der Waals surface area contributed by atoms with Crippen molar-refractivity contribution in [2.45, 2.75) is 30.1 Å². The summed E-state index contributed by atoms with van der Waals surface area (Å²) < 4.78 is 27.6. The number of aromatic nitrogens is 5. The smallest absolute Gasteiger partial charge is 0.330 e. The first-order valence-electron chi connectivity index (χ1n) is 19.6. The molecule has 0 aliphatic carbocycles. The van der Waals surface area contributed by atoms with Gasteiger partial charge in [0, 0.05) is 17.8 Å². The fourth-order valence-corrected chi connectivity index (χ4v) is 8.80. The van der Waals surface area contributed by atoms with Gasteiger partial charge in [0.05, 0.1) is 27.0 Å². The van der Waals surface area contributed by atoms with Crippen LogP contribution in [0.2, 0.25) is 0 Å². The number of methoxy groups -OCH3 is 2. The average Bonchev–Trinajstić information content (AvgIpc) is 3.90. The molecule has 1 saturated heterocycles. The molecule has 0 amide bonds. The Labute approximate surface area is 343 Å². The molecule has 4 atom stereocenters. The third kappa shape index (κ3) is 6.12. The number of aliphatic hydroxyl groups excluding tert-OH is 1. The summed E-state index contributed by atoms with van der Waals surface area (Å²) in [6, 6.07) is 44.2. The monoisotopic (exact) mass is 797 g/mol. The van der Waals surface area contributed by atoms with Crippen LogP contribution in [0.5, 0.6) is 11.5 Å². The van der Waals surface area contributed by atoms with Crippen LogP contribution in [0, 0.1) is 0 Å². The van der Waals surface area contributed by atoms with Crippen molar-refractivity contribution < 1.29 is 24.1 Å². The quantitative estimate of drug-likeness (QED) is 0.103. The van der Waals surface area contributed by atoms with Crippen LogP contribution in [0.3, 0.4) is 0 Å². The maximum absolute atomic E-state index is 13.4. The summed E-state index contributed by atoms with van der Waals surface area (Å²) in [5.74, 6) is 1.35. The van der Waals surface area contributed by atoms with Gasteiger partial charge in [0.15, 0.2) is 6.23 Å². The van der Waals surface area contributed by atoms with Gasteiger partial charge in [0.1, 0.15) is 41.0 Å². The normalized spacial score (nSPS) is 18.1. The fourth-order valence-electron chi connectivity index (χ4n) is 8.80. The first-order valence-corrected chi connectivity index (χ1v) is 19.6. The molecule has 12 heteroatoms. The molecule has 0 spiro atoms. The van der Waals surface area contributed by atoms with Gasteiger partial charge in [-0.05, 0) is 73.3 Å². The number of benzene rings is 7. The lowest BCUT2D eigenvalue weighted by Gasteiger charge is -2.37. The Morgan fingerprint density at radius 3 is 1.98 bits per heavy atom. The Balaban J connectivity index is 1.06. The summed E-state index contributed by atoms with van der Waals surface area (Å²) >= 11 is 0. The van der Waals surface area contributed by atoms with E-state index in [0.717, 1.165) is 49.2 Å². The summed E-state index contributed by atoms with van der Waals surface area (Å²) in [5, 5.41) is 28.3. The van der Waals surface area contributed by atoms with Crippen LogP contribution in [0.15, 0.2) is 162 Å². The molecule has 2 aromatic heterocycles. The van der Waals surface area contributed by atoms with Crippen molar-refractivity contribution in [3.8, 4) is 22.8 Å². The van der Waals surface area contributed by atoms with Crippen LogP contribution >= 0.6 is 0 Å². The van der Waals surface area contributed by atoms with Crippen molar-refractivity contribution in [1.82, 2.24) is 24.5 Å². The summed E-state index contributed by atoms with van der Waals surface area (Å²) in [6.07, 6.45) is -0.233. The number of nitrogens with one attached hydrogen (secondary N) is 1. The molecule has 60 heavy (non-hydrogen) atoms. The molecule has 1 aliphatic rings. The number of H-pyrrole nitrogens is 1. The Bertz CT molecular complexity index is 3030. The van der Waals surface area contributed by atoms with E-state index in [1.54, 1.807) is 20.4 Å². The van der Waals surface area contributed by atoms with Crippen LogP contribution in [0.1, 0.15) is 29.0 Å². The molecule has 12 nitrogen and oxygen atoms in total. The molecular weight excluding hydrogens is 759 g/mol. The molecule has 298 valence electrons. The molecule has 3 heterocycles. The Morgan fingerprint density at radius 2 is 1.33 bits per heavy atom. The number of hydrogen-bond acceptors (Lipinski definition) is 9. The van der Waals surface area contributed by atoms with E-state index in [-0.39, 0.29) is 6.61 Å².